The number of hydrogen-bond acceptors (Lipinski definition) is 5. The number of benzene rings is 1. The molecule has 0 aliphatic carbocycles. The second kappa shape index (κ2) is 10.2. The van der Waals surface area contributed by atoms with Gasteiger partial charge in [0.2, 0.25) is 0 Å². The highest BCUT2D eigenvalue weighted by Gasteiger charge is 2.28. The average Bonchev–Trinajstić information content (AvgIpc) is 2.60. The summed E-state index contributed by atoms with van der Waals surface area (Å²) < 4.78 is 23.8. The van der Waals surface area contributed by atoms with E-state index in [9.17, 15) is 9.18 Å². The Labute approximate surface area is 147 Å². The molecule has 1 aliphatic heterocycles. The Bertz CT molecular complexity index is 616. The maximum Gasteiger partial charge on any atom is 0.415 e. The monoisotopic (exact) mass is 349 g/mol. The topological polar surface area (TPSA) is 63.2 Å². The van der Waals surface area contributed by atoms with Gasteiger partial charge in [0.05, 0.1) is 12.2 Å². The Morgan fingerprint density at radius 1 is 1.44 bits per heavy atom. The highest BCUT2D eigenvalue weighted by atomic mass is 19.1. The number of ether oxygens (including phenoxy) is 2. The van der Waals surface area contributed by atoms with Gasteiger partial charge in [0, 0.05) is 19.6 Å². The summed E-state index contributed by atoms with van der Waals surface area (Å²) in [5, 5.41) is 3.20. The number of carbonyl (C=O) groups excluding carboxylic acids is 1. The molecule has 0 saturated carbocycles. The zero-order valence-corrected chi connectivity index (χ0v) is 13.3. The molecule has 1 amide bonds. The molecule has 1 atom stereocenters. The van der Waals surface area contributed by atoms with Gasteiger partial charge < -0.3 is 14.8 Å². The van der Waals surface area contributed by atoms with Crippen LogP contribution in [0.2, 0.25) is 0 Å². The van der Waals surface area contributed by atoms with Crippen molar-refractivity contribution >= 4 is 12.8 Å². The lowest BCUT2D eigenvalue weighted by Crippen LogP contribution is -2.56. The molecule has 6 nitrogen and oxygen atoms in total. The minimum atomic E-state index is -0.498. The van der Waals surface area contributed by atoms with E-state index in [0.717, 1.165) is 0 Å². The predicted octanol–water partition coefficient (Wildman–Crippen LogP) is 2.98. The van der Waals surface area contributed by atoms with E-state index in [-0.39, 0.29) is 25.9 Å². The summed E-state index contributed by atoms with van der Waals surface area (Å²) in [6.07, 6.45) is 2.47. The summed E-state index contributed by atoms with van der Waals surface area (Å²) in [5.74, 6) is 0.382. The molecule has 1 aliphatic rings. The van der Waals surface area contributed by atoms with E-state index in [1.807, 2.05) is 0 Å². The Hall–Kier alpha value is -2.67. The Kier molecular flexibility index (Phi) is 8.35. The molecular formula is C18H24FN3O3. The van der Waals surface area contributed by atoms with Gasteiger partial charge in [-0.1, -0.05) is 14.0 Å². The van der Waals surface area contributed by atoms with Crippen molar-refractivity contribution in [3.8, 4) is 5.75 Å². The van der Waals surface area contributed by atoms with Gasteiger partial charge in [-0.15, -0.1) is 0 Å². The van der Waals surface area contributed by atoms with Gasteiger partial charge in [-0.05, 0) is 37.1 Å². The van der Waals surface area contributed by atoms with Crippen LogP contribution >= 0.6 is 0 Å². The second-order valence-corrected chi connectivity index (χ2v) is 5.10. The number of hydrogen-bond donors (Lipinski definition) is 1. The third kappa shape index (κ3) is 6.04. The normalized spacial score (nSPS) is 17.2. The molecule has 0 bridgehead atoms. The van der Waals surface area contributed by atoms with Crippen LogP contribution in [0.3, 0.4) is 0 Å². The standard InChI is InChI=1S/C17H20FN3O3.CH4/c1-3-15(11-19-2)23-12-14-10-20-8-9-21(14)17(22)24-16-6-4-13(18)5-7-16;/h3-7,11,14,20H,1-2,8-10,12H2;1H4/b15-11+;. The quantitative estimate of drug-likeness (QED) is 0.487. The van der Waals surface area contributed by atoms with Gasteiger partial charge in [-0.25, -0.2) is 9.18 Å². The van der Waals surface area contributed by atoms with E-state index in [1.54, 1.807) is 4.90 Å². The van der Waals surface area contributed by atoms with Crippen LogP contribution in [0.25, 0.3) is 0 Å². The van der Waals surface area contributed by atoms with Crippen LogP contribution in [0.1, 0.15) is 7.43 Å². The molecule has 1 aromatic carbocycles. The largest absolute Gasteiger partial charge is 0.490 e. The molecule has 1 aromatic rings. The van der Waals surface area contributed by atoms with Crippen molar-refractivity contribution in [2.75, 3.05) is 26.2 Å². The second-order valence-electron chi connectivity index (χ2n) is 5.10. The van der Waals surface area contributed by atoms with Crippen LogP contribution in [-0.4, -0.2) is 50.0 Å². The first kappa shape index (κ1) is 20.4. The summed E-state index contributed by atoms with van der Waals surface area (Å²) in [6.45, 7) is 8.97. The minimum absolute atomic E-state index is 0. The Morgan fingerprint density at radius 2 is 2.16 bits per heavy atom. The molecule has 1 N–H and O–H groups in total. The van der Waals surface area contributed by atoms with E-state index in [0.29, 0.717) is 31.1 Å². The smallest absolute Gasteiger partial charge is 0.415 e. The van der Waals surface area contributed by atoms with Gasteiger partial charge in [0.15, 0.2) is 0 Å². The van der Waals surface area contributed by atoms with E-state index in [2.05, 4.69) is 23.6 Å². The number of carbonyl (C=O) groups is 1. The van der Waals surface area contributed by atoms with Gasteiger partial charge >= 0.3 is 6.09 Å². The highest BCUT2D eigenvalue weighted by molar-refractivity contribution is 5.71. The maximum absolute atomic E-state index is 12.9. The molecule has 1 fully saturated rings. The Morgan fingerprint density at radius 3 is 2.80 bits per heavy atom. The number of allylic oxidation sites excluding steroid dienone is 1. The summed E-state index contributed by atoms with van der Waals surface area (Å²) in [7, 11) is 0. The highest BCUT2D eigenvalue weighted by Crippen LogP contribution is 2.15. The molecule has 0 spiro atoms. The van der Waals surface area contributed by atoms with Crippen molar-refractivity contribution in [1.29, 1.82) is 0 Å². The summed E-state index contributed by atoms with van der Waals surface area (Å²) in [4.78, 5) is 17.6. The average molecular weight is 349 g/mol. The molecule has 0 aromatic heterocycles. The van der Waals surface area contributed by atoms with Crippen LogP contribution in [0.4, 0.5) is 9.18 Å². The summed E-state index contributed by atoms with van der Waals surface area (Å²) in [6, 6.07) is 5.10. The van der Waals surface area contributed by atoms with E-state index in [1.165, 1.54) is 36.5 Å². The van der Waals surface area contributed by atoms with Crippen molar-refractivity contribution in [3.63, 3.8) is 0 Å². The fraction of sp³-hybridized carbons (Fsp3) is 0.333. The van der Waals surface area contributed by atoms with Crippen molar-refractivity contribution in [1.82, 2.24) is 10.2 Å². The van der Waals surface area contributed by atoms with Crippen LogP contribution < -0.4 is 10.1 Å². The minimum Gasteiger partial charge on any atom is -0.490 e. The number of halogens is 1. The number of rotatable bonds is 6. The fourth-order valence-electron chi connectivity index (χ4n) is 2.24. The molecule has 136 valence electrons. The molecule has 1 heterocycles. The molecule has 7 heteroatoms. The zero-order valence-electron chi connectivity index (χ0n) is 13.3. The SMILES string of the molecule is C.C=C/C(=C\N=C)OCC1CNCCN1C(=O)Oc1ccc(F)cc1. The number of nitrogens with zero attached hydrogens (tertiary/aromatic N) is 2. The first-order chi connectivity index (χ1) is 11.6. The predicted molar refractivity (Wildman–Crippen MR) is 96.3 cm³/mol. The number of amides is 1. The van der Waals surface area contributed by atoms with Crippen molar-refractivity contribution in [2.24, 2.45) is 4.99 Å². The van der Waals surface area contributed by atoms with Crippen LogP contribution in [0, 0.1) is 5.82 Å². The van der Waals surface area contributed by atoms with Gasteiger partial charge in [0.1, 0.15) is 23.9 Å². The van der Waals surface area contributed by atoms with E-state index < -0.39 is 6.09 Å². The third-order valence-electron chi connectivity index (χ3n) is 3.47. The fourth-order valence-corrected chi connectivity index (χ4v) is 2.24. The molecule has 1 saturated heterocycles. The summed E-state index contributed by atoms with van der Waals surface area (Å²) in [5.41, 5.74) is 0. The van der Waals surface area contributed by atoms with Crippen LogP contribution in [0.5, 0.6) is 5.75 Å². The van der Waals surface area contributed by atoms with Gasteiger partial charge in [-0.3, -0.25) is 9.89 Å². The molecular weight excluding hydrogens is 325 g/mol. The van der Waals surface area contributed by atoms with Crippen molar-refractivity contribution < 1.29 is 18.7 Å². The van der Waals surface area contributed by atoms with E-state index >= 15 is 0 Å². The number of nitrogens with one attached hydrogen (secondary N) is 1. The molecule has 25 heavy (non-hydrogen) atoms. The lowest BCUT2D eigenvalue weighted by molar-refractivity contribution is 0.0784. The number of piperazine rings is 1. The van der Waals surface area contributed by atoms with Crippen molar-refractivity contribution in [2.45, 2.75) is 13.5 Å². The third-order valence-corrected chi connectivity index (χ3v) is 3.47. The van der Waals surface area contributed by atoms with Crippen LogP contribution in [0.15, 0.2) is 53.9 Å². The zero-order chi connectivity index (χ0) is 17.4. The Balaban J connectivity index is 0.00000312. The maximum atomic E-state index is 12.9. The van der Waals surface area contributed by atoms with Gasteiger partial charge in [-0.2, -0.15) is 0 Å². The van der Waals surface area contributed by atoms with E-state index in [4.69, 9.17) is 9.47 Å². The van der Waals surface area contributed by atoms with Crippen molar-refractivity contribution in [3.05, 3.63) is 54.7 Å². The number of aliphatic imine (C=N–C) groups is 1. The molecule has 1 unspecified atom stereocenters. The lowest BCUT2D eigenvalue weighted by Gasteiger charge is -2.35. The molecule has 2 rings (SSSR count). The summed E-state index contributed by atoms with van der Waals surface area (Å²) >= 11 is 0. The first-order valence-corrected chi connectivity index (χ1v) is 7.50. The molecule has 0 radical (unpaired) electrons. The lowest BCUT2D eigenvalue weighted by atomic mass is 10.2. The van der Waals surface area contributed by atoms with Gasteiger partial charge in [0.25, 0.3) is 0 Å². The van der Waals surface area contributed by atoms with Crippen LogP contribution in [-0.2, 0) is 4.74 Å². The first-order valence-electron chi connectivity index (χ1n) is 7.50.